The van der Waals surface area contributed by atoms with Crippen molar-refractivity contribution in [1.82, 2.24) is 4.57 Å². The van der Waals surface area contributed by atoms with E-state index in [0.717, 1.165) is 10.9 Å². The Labute approximate surface area is 126 Å². The third-order valence-corrected chi connectivity index (χ3v) is 3.53. The van der Waals surface area contributed by atoms with E-state index in [1.807, 2.05) is 22.9 Å². The lowest BCUT2D eigenvalue weighted by Gasteiger charge is -2.08. The standard InChI is InChI=1S/C16H17F3N2O/c1-11(15(20)22)12-4-5-14-13(10-12)6-9-21(14)8-3-2-7-16(17,18)19/h4-6,9-10H,1-3,7-8H2,(H2,20,22). The summed E-state index contributed by atoms with van der Waals surface area (Å²) in [7, 11) is 0. The lowest BCUT2D eigenvalue weighted by Crippen LogP contribution is -2.11. The molecule has 22 heavy (non-hydrogen) atoms. The molecule has 0 saturated carbocycles. The minimum atomic E-state index is -4.09. The highest BCUT2D eigenvalue weighted by atomic mass is 19.4. The molecule has 0 saturated heterocycles. The monoisotopic (exact) mass is 310 g/mol. The van der Waals surface area contributed by atoms with Gasteiger partial charge in [-0.15, -0.1) is 0 Å². The summed E-state index contributed by atoms with van der Waals surface area (Å²) in [5.74, 6) is -0.578. The van der Waals surface area contributed by atoms with Crippen LogP contribution in [0.3, 0.4) is 0 Å². The second-order valence-electron chi connectivity index (χ2n) is 5.20. The van der Waals surface area contributed by atoms with Crippen LogP contribution in [-0.2, 0) is 11.3 Å². The van der Waals surface area contributed by atoms with E-state index < -0.39 is 18.5 Å². The maximum Gasteiger partial charge on any atom is 0.389 e. The molecule has 1 aromatic heterocycles. The number of primary amides is 1. The van der Waals surface area contributed by atoms with Crippen LogP contribution in [0.5, 0.6) is 0 Å². The fourth-order valence-corrected chi connectivity index (χ4v) is 2.33. The number of nitrogens with zero attached hydrogens (tertiary/aromatic N) is 1. The highest BCUT2D eigenvalue weighted by Gasteiger charge is 2.25. The number of nitrogens with two attached hydrogens (primary N) is 1. The van der Waals surface area contributed by atoms with E-state index in [9.17, 15) is 18.0 Å². The molecule has 0 aliphatic rings. The first-order valence-corrected chi connectivity index (χ1v) is 6.92. The topological polar surface area (TPSA) is 48.0 Å². The lowest BCUT2D eigenvalue weighted by atomic mass is 10.1. The Balaban J connectivity index is 2.07. The Hall–Kier alpha value is -2.24. The fourth-order valence-electron chi connectivity index (χ4n) is 2.33. The molecule has 0 radical (unpaired) electrons. The van der Waals surface area contributed by atoms with Crippen LogP contribution in [-0.4, -0.2) is 16.7 Å². The van der Waals surface area contributed by atoms with Crippen LogP contribution >= 0.6 is 0 Å². The fraction of sp³-hybridized carbons (Fsp3) is 0.312. The molecule has 1 heterocycles. The largest absolute Gasteiger partial charge is 0.389 e. The zero-order chi connectivity index (χ0) is 16.3. The van der Waals surface area contributed by atoms with Crippen molar-refractivity contribution < 1.29 is 18.0 Å². The number of benzene rings is 1. The highest BCUT2D eigenvalue weighted by Crippen LogP contribution is 2.24. The number of carbonyl (C=O) groups is 1. The third-order valence-electron chi connectivity index (χ3n) is 3.53. The van der Waals surface area contributed by atoms with Crippen LogP contribution in [0.15, 0.2) is 37.0 Å². The van der Waals surface area contributed by atoms with Gasteiger partial charge in [0, 0.05) is 35.6 Å². The van der Waals surface area contributed by atoms with Crippen LogP contribution in [0.1, 0.15) is 24.8 Å². The number of aromatic nitrogens is 1. The molecule has 2 N–H and O–H groups in total. The summed E-state index contributed by atoms with van der Waals surface area (Å²) >= 11 is 0. The van der Waals surface area contributed by atoms with Crippen molar-refractivity contribution in [1.29, 1.82) is 0 Å². The molecule has 2 aromatic rings. The Morgan fingerprint density at radius 1 is 1.23 bits per heavy atom. The smallest absolute Gasteiger partial charge is 0.366 e. The van der Waals surface area contributed by atoms with E-state index >= 15 is 0 Å². The van der Waals surface area contributed by atoms with E-state index in [2.05, 4.69) is 6.58 Å². The maximum atomic E-state index is 12.1. The molecule has 2 rings (SSSR count). The van der Waals surface area contributed by atoms with Gasteiger partial charge in [-0.05, 0) is 36.6 Å². The minimum absolute atomic E-state index is 0.111. The Morgan fingerprint density at radius 3 is 2.59 bits per heavy atom. The molecule has 0 bridgehead atoms. The van der Waals surface area contributed by atoms with Crippen LogP contribution < -0.4 is 5.73 Å². The number of halogens is 3. The second-order valence-corrected chi connectivity index (χ2v) is 5.20. The number of alkyl halides is 3. The normalized spacial score (nSPS) is 11.8. The predicted octanol–water partition coefficient (Wildman–Crippen LogP) is 3.87. The summed E-state index contributed by atoms with van der Waals surface area (Å²) in [5, 5.41) is 0.899. The van der Waals surface area contributed by atoms with Gasteiger partial charge in [-0.1, -0.05) is 12.6 Å². The summed E-state index contributed by atoms with van der Waals surface area (Å²) in [4.78, 5) is 11.1. The van der Waals surface area contributed by atoms with Gasteiger partial charge in [-0.3, -0.25) is 4.79 Å². The van der Waals surface area contributed by atoms with Gasteiger partial charge in [0.1, 0.15) is 0 Å². The maximum absolute atomic E-state index is 12.1. The Bertz CT molecular complexity index is 701. The number of carbonyl (C=O) groups excluding carboxylic acids is 1. The Kier molecular flexibility index (Phi) is 4.59. The predicted molar refractivity (Wildman–Crippen MR) is 80.1 cm³/mol. The molecule has 0 aliphatic heterocycles. The second kappa shape index (κ2) is 6.25. The number of fused-ring (bicyclic) bond motifs is 1. The van der Waals surface area contributed by atoms with Gasteiger partial charge in [-0.25, -0.2) is 0 Å². The summed E-state index contributed by atoms with van der Waals surface area (Å²) in [6, 6.07) is 7.22. The molecule has 0 atom stereocenters. The van der Waals surface area contributed by atoms with E-state index in [1.54, 1.807) is 12.1 Å². The van der Waals surface area contributed by atoms with Crippen molar-refractivity contribution in [2.45, 2.75) is 32.0 Å². The van der Waals surface area contributed by atoms with Gasteiger partial charge in [0.2, 0.25) is 5.91 Å². The van der Waals surface area contributed by atoms with Crippen molar-refractivity contribution in [2.24, 2.45) is 5.73 Å². The number of unbranched alkanes of at least 4 members (excludes halogenated alkanes) is 1. The van der Waals surface area contributed by atoms with Crippen LogP contribution in [0.25, 0.3) is 16.5 Å². The molecule has 1 amide bonds. The van der Waals surface area contributed by atoms with Crippen molar-refractivity contribution >= 4 is 22.4 Å². The molecule has 0 spiro atoms. The summed E-state index contributed by atoms with van der Waals surface area (Å²) < 4.78 is 38.2. The van der Waals surface area contributed by atoms with Gasteiger partial charge >= 0.3 is 6.18 Å². The van der Waals surface area contributed by atoms with Crippen molar-refractivity contribution in [2.75, 3.05) is 0 Å². The van der Waals surface area contributed by atoms with Gasteiger partial charge in [-0.2, -0.15) is 13.2 Å². The molecule has 1 aromatic carbocycles. The number of amides is 1. The molecule has 0 aliphatic carbocycles. The molecule has 3 nitrogen and oxygen atoms in total. The van der Waals surface area contributed by atoms with Crippen molar-refractivity contribution in [3.63, 3.8) is 0 Å². The molecule has 6 heteroatoms. The molecular formula is C16H17F3N2O. The van der Waals surface area contributed by atoms with Crippen LogP contribution in [0.4, 0.5) is 13.2 Å². The van der Waals surface area contributed by atoms with E-state index in [-0.39, 0.29) is 12.0 Å². The van der Waals surface area contributed by atoms with Crippen molar-refractivity contribution in [3.8, 4) is 0 Å². The number of hydrogen-bond acceptors (Lipinski definition) is 1. The first-order chi connectivity index (χ1) is 10.3. The number of rotatable bonds is 6. The van der Waals surface area contributed by atoms with E-state index in [4.69, 9.17) is 5.73 Å². The number of aryl methyl sites for hydroxylation is 1. The van der Waals surface area contributed by atoms with Gasteiger partial charge in [0.25, 0.3) is 0 Å². The third kappa shape index (κ3) is 3.90. The molecule has 118 valence electrons. The number of hydrogen-bond donors (Lipinski definition) is 1. The summed E-state index contributed by atoms with van der Waals surface area (Å²) in [5.41, 5.74) is 6.99. The zero-order valence-electron chi connectivity index (χ0n) is 12.0. The first kappa shape index (κ1) is 16.1. The molecular weight excluding hydrogens is 293 g/mol. The van der Waals surface area contributed by atoms with Gasteiger partial charge in [0.05, 0.1) is 0 Å². The Morgan fingerprint density at radius 2 is 1.95 bits per heavy atom. The van der Waals surface area contributed by atoms with Crippen LogP contribution in [0, 0.1) is 0 Å². The average molecular weight is 310 g/mol. The van der Waals surface area contributed by atoms with Gasteiger partial charge < -0.3 is 10.3 Å². The zero-order valence-corrected chi connectivity index (χ0v) is 12.0. The quantitative estimate of drug-likeness (QED) is 0.639. The van der Waals surface area contributed by atoms with Gasteiger partial charge in [0.15, 0.2) is 0 Å². The summed E-state index contributed by atoms with van der Waals surface area (Å²) in [6.07, 6.45) is -2.45. The van der Waals surface area contributed by atoms with Crippen molar-refractivity contribution in [3.05, 3.63) is 42.6 Å². The first-order valence-electron chi connectivity index (χ1n) is 6.92. The van der Waals surface area contributed by atoms with E-state index in [1.165, 1.54) is 0 Å². The molecule has 0 fully saturated rings. The van der Waals surface area contributed by atoms with Crippen LogP contribution in [0.2, 0.25) is 0 Å². The SMILES string of the molecule is C=C(C(N)=O)c1ccc2c(ccn2CCCCC(F)(F)F)c1. The van der Waals surface area contributed by atoms with E-state index in [0.29, 0.717) is 18.5 Å². The lowest BCUT2D eigenvalue weighted by molar-refractivity contribution is -0.135. The minimum Gasteiger partial charge on any atom is -0.366 e. The average Bonchev–Trinajstić information content (AvgIpc) is 2.84. The molecule has 0 unspecified atom stereocenters. The highest BCUT2D eigenvalue weighted by molar-refractivity contribution is 6.18. The summed E-state index contributed by atoms with van der Waals surface area (Å²) in [6.45, 7) is 4.16.